The number of hydrogen-bond acceptors (Lipinski definition) is 5. The van der Waals surface area contributed by atoms with E-state index in [1.165, 1.54) is 0 Å². The minimum Gasteiger partial charge on any atom is -0.396 e. The zero-order valence-electron chi connectivity index (χ0n) is 31.0. The van der Waals surface area contributed by atoms with Crippen LogP contribution in [-0.2, 0) is 44.1 Å². The molecule has 1 fully saturated rings. The Labute approximate surface area is 319 Å². The molecule has 0 aliphatic carbocycles. The predicted octanol–water partition coefficient (Wildman–Crippen LogP) is 7.72. The van der Waals surface area contributed by atoms with E-state index >= 15 is 4.11 Å². The smallest absolute Gasteiger partial charge is 0.264 e. The Bertz CT molecular complexity index is 2420. The van der Waals surface area contributed by atoms with Crippen molar-refractivity contribution in [3.8, 4) is 0 Å². The van der Waals surface area contributed by atoms with Crippen LogP contribution in [0.15, 0.2) is 103 Å². The van der Waals surface area contributed by atoms with Crippen LogP contribution in [0.4, 0.5) is 21.2 Å². The highest BCUT2D eigenvalue weighted by atomic mass is 28.4. The second-order valence-electron chi connectivity index (χ2n) is 15.3. The fourth-order valence-electron chi connectivity index (χ4n) is 8.87. The Morgan fingerprint density at radius 3 is 2.00 bits per heavy atom. The van der Waals surface area contributed by atoms with Gasteiger partial charge in [-0.2, -0.15) is 0 Å². The first-order valence-electron chi connectivity index (χ1n) is 18.7. The summed E-state index contributed by atoms with van der Waals surface area (Å²) in [7, 11) is -3.40. The molecule has 2 aliphatic heterocycles. The molecule has 282 valence electrons. The van der Waals surface area contributed by atoms with Gasteiger partial charge in [0.1, 0.15) is 0 Å². The lowest BCUT2D eigenvalue weighted by molar-refractivity contribution is -0.146. The van der Waals surface area contributed by atoms with E-state index in [9.17, 15) is 19.5 Å². The van der Waals surface area contributed by atoms with E-state index in [0.717, 1.165) is 38.5 Å². The maximum Gasteiger partial charge on any atom is 0.264 e. The molecule has 2 aliphatic rings. The topological polar surface area (TPSA) is 140 Å². The Hall–Kier alpha value is -5.56. The van der Waals surface area contributed by atoms with Gasteiger partial charge in [0.05, 0.1) is 31.2 Å². The Kier molecular flexibility index (Phi) is 9.44. The highest BCUT2D eigenvalue weighted by Crippen LogP contribution is 2.60. The number of carbonyl (C=O) groups is 3. The van der Waals surface area contributed by atoms with Gasteiger partial charge in [0.2, 0.25) is 20.2 Å². The zero-order valence-corrected chi connectivity index (χ0v) is 32.0. The van der Waals surface area contributed by atoms with Gasteiger partial charge in [-0.3, -0.25) is 14.4 Å². The van der Waals surface area contributed by atoms with Gasteiger partial charge in [0.15, 0.2) is 5.60 Å². The molecule has 6 aromatic rings. The molecular weight excluding hydrogens is 714 g/mol. The number of aliphatic hydroxyl groups excluding tert-OH is 1. The fourth-order valence-corrected chi connectivity index (χ4v) is 11.4. The number of nitrogens with one attached hydrogen (secondary N) is 4. The molecule has 55 heavy (non-hydrogen) atoms. The van der Waals surface area contributed by atoms with Crippen LogP contribution in [0.1, 0.15) is 35.6 Å². The summed E-state index contributed by atoms with van der Waals surface area (Å²) in [5.74, 6) is -1.22. The second kappa shape index (κ2) is 14.3. The van der Waals surface area contributed by atoms with Gasteiger partial charge in [-0.1, -0.05) is 55.5 Å². The number of para-hydroxylation sites is 2. The molecule has 4 heterocycles. The van der Waals surface area contributed by atoms with Gasteiger partial charge < -0.3 is 39.5 Å². The van der Waals surface area contributed by atoms with Gasteiger partial charge in [-0.15, -0.1) is 0 Å². The van der Waals surface area contributed by atoms with Gasteiger partial charge in [0, 0.05) is 69.2 Å². The standard InChI is InChI=1S/C43H44FN5O5Si/c1-26-41(55(2,3)44)38(18-19-50)54-43(26)34-22-31(48-40(52)21-29-24-46-36-11-7-5-9-33(29)36)16-17-37(34)49(42(43)53)25-27-12-14-30(15-13-27)47-39(51)20-28-23-45-35-10-6-4-8-32(28)35/h4-17,22-24,26,38,41,45-46,50H,18-21,25H2,1-3H3,(H,47,51)(H,48,52)/t26-,38+,41-,43+/m0/s1. The molecule has 1 spiro atoms. The molecule has 4 atom stereocenters. The number of rotatable bonds is 11. The molecule has 0 saturated carbocycles. The molecule has 5 N–H and O–H groups in total. The van der Waals surface area contributed by atoms with Crippen LogP contribution in [-0.4, -0.2) is 53.9 Å². The number of aliphatic hydroxyl groups is 1. The molecule has 3 amide bonds. The van der Waals surface area contributed by atoms with Crippen LogP contribution in [0, 0.1) is 5.92 Å². The van der Waals surface area contributed by atoms with Gasteiger partial charge >= 0.3 is 0 Å². The van der Waals surface area contributed by atoms with Gasteiger partial charge in [-0.05, 0) is 78.7 Å². The molecule has 0 bridgehead atoms. The Morgan fingerprint density at radius 2 is 1.42 bits per heavy atom. The molecule has 1 saturated heterocycles. The normalized spacial score (nSPS) is 20.8. The van der Waals surface area contributed by atoms with E-state index in [1.807, 2.05) is 98.2 Å². The first-order chi connectivity index (χ1) is 26.5. The molecular formula is C43H44FN5O5Si. The summed E-state index contributed by atoms with van der Waals surface area (Å²) in [6.45, 7) is 5.12. The van der Waals surface area contributed by atoms with Gasteiger partial charge in [-0.25, -0.2) is 0 Å². The second-order valence-corrected chi connectivity index (χ2v) is 19.1. The first-order valence-corrected chi connectivity index (χ1v) is 21.6. The largest absolute Gasteiger partial charge is 0.396 e. The van der Waals surface area contributed by atoms with Crippen LogP contribution in [0.25, 0.3) is 21.8 Å². The van der Waals surface area contributed by atoms with E-state index in [2.05, 4.69) is 20.6 Å². The van der Waals surface area contributed by atoms with Crippen molar-refractivity contribution >= 4 is 65.0 Å². The van der Waals surface area contributed by atoms with E-state index in [-0.39, 0.29) is 50.1 Å². The average Bonchev–Trinajstić information content (AvgIpc) is 3.89. The number of nitrogens with zero attached hydrogens (tertiary/aromatic N) is 1. The van der Waals surface area contributed by atoms with Crippen molar-refractivity contribution in [1.82, 2.24) is 9.97 Å². The van der Waals surface area contributed by atoms with Gasteiger partial charge in [0.25, 0.3) is 5.91 Å². The lowest BCUT2D eigenvalue weighted by atomic mass is 9.82. The third-order valence-electron chi connectivity index (χ3n) is 11.3. The third kappa shape index (κ3) is 6.64. The highest BCUT2D eigenvalue weighted by Gasteiger charge is 2.66. The van der Waals surface area contributed by atoms with Crippen molar-refractivity contribution in [3.05, 3.63) is 126 Å². The van der Waals surface area contributed by atoms with Crippen molar-refractivity contribution in [2.75, 3.05) is 22.1 Å². The molecule has 10 nitrogen and oxygen atoms in total. The maximum atomic E-state index is 16.1. The van der Waals surface area contributed by atoms with E-state index in [0.29, 0.717) is 22.6 Å². The van der Waals surface area contributed by atoms with Crippen LogP contribution in [0.2, 0.25) is 18.6 Å². The van der Waals surface area contributed by atoms with E-state index < -0.39 is 31.6 Å². The summed E-state index contributed by atoms with van der Waals surface area (Å²) in [6, 6.07) is 28.4. The summed E-state index contributed by atoms with van der Waals surface area (Å²) >= 11 is 0. The number of aromatic nitrogens is 2. The number of ether oxygens (including phenoxy) is 1. The molecule has 0 unspecified atom stereocenters. The fraction of sp³-hybridized carbons (Fsp3) is 0.279. The number of amides is 3. The number of anilines is 3. The summed E-state index contributed by atoms with van der Waals surface area (Å²) in [5, 5.41) is 17.9. The zero-order chi connectivity index (χ0) is 38.5. The molecule has 4 aromatic carbocycles. The molecule has 8 rings (SSSR count). The summed E-state index contributed by atoms with van der Waals surface area (Å²) in [4.78, 5) is 49.3. The first kappa shape index (κ1) is 36.4. The summed E-state index contributed by atoms with van der Waals surface area (Å²) < 4.78 is 22.8. The lowest BCUT2D eigenvalue weighted by Gasteiger charge is -2.31. The Morgan fingerprint density at radius 1 is 0.855 bits per heavy atom. The highest BCUT2D eigenvalue weighted by molar-refractivity contribution is 6.72. The maximum absolute atomic E-state index is 16.1. The van der Waals surface area contributed by atoms with Crippen LogP contribution in [0.3, 0.4) is 0 Å². The molecule has 2 aromatic heterocycles. The van der Waals surface area contributed by atoms with Crippen LogP contribution >= 0.6 is 0 Å². The Balaban J connectivity index is 1.06. The lowest BCUT2D eigenvalue weighted by Crippen LogP contribution is -2.45. The number of H-pyrrole nitrogens is 2. The minimum atomic E-state index is -3.40. The minimum absolute atomic E-state index is 0.145. The SMILES string of the molecule is C[C@H]1[C@H]([Si](C)(C)F)[C@@H](CCO)O[C@]12C(=O)N(Cc1ccc(NC(=O)Cc3c[nH]c4ccccc34)cc1)c1ccc(NC(=O)Cc3c[nH]c4ccccc34)cc12. The van der Waals surface area contributed by atoms with Crippen molar-refractivity contribution < 1.29 is 28.3 Å². The van der Waals surface area contributed by atoms with E-state index in [1.54, 1.807) is 30.1 Å². The number of fused-ring (bicyclic) bond motifs is 4. The average molecular weight is 758 g/mol. The summed E-state index contributed by atoms with van der Waals surface area (Å²) in [6.07, 6.45) is 3.60. The number of carbonyl (C=O) groups excluding carboxylic acids is 3. The number of benzene rings is 4. The third-order valence-corrected chi connectivity index (χ3v) is 13.7. The van der Waals surface area contributed by atoms with Crippen molar-refractivity contribution in [2.24, 2.45) is 5.92 Å². The van der Waals surface area contributed by atoms with Crippen LogP contribution < -0.4 is 15.5 Å². The van der Waals surface area contributed by atoms with E-state index in [4.69, 9.17) is 4.74 Å². The molecule has 0 radical (unpaired) electrons. The predicted molar refractivity (Wildman–Crippen MR) is 215 cm³/mol. The summed E-state index contributed by atoms with van der Waals surface area (Å²) in [5.41, 5.74) is 4.77. The number of hydrogen-bond donors (Lipinski definition) is 5. The van der Waals surface area contributed by atoms with Crippen molar-refractivity contribution in [2.45, 2.75) is 63.1 Å². The van der Waals surface area contributed by atoms with Crippen LogP contribution in [0.5, 0.6) is 0 Å². The number of halogens is 1. The quantitative estimate of drug-likeness (QED) is 0.0681. The monoisotopic (exact) mass is 757 g/mol. The molecule has 12 heteroatoms. The number of aromatic amines is 2. The van der Waals surface area contributed by atoms with Crippen molar-refractivity contribution in [3.63, 3.8) is 0 Å². The van der Waals surface area contributed by atoms with Crippen molar-refractivity contribution in [1.29, 1.82) is 0 Å².